The van der Waals surface area contributed by atoms with E-state index in [1.165, 1.54) is 30.3 Å². The molecule has 0 aromatic heterocycles. The molecule has 0 amide bonds. The minimum Gasteiger partial charge on any atom is -0.445 e. The van der Waals surface area contributed by atoms with Gasteiger partial charge in [0.25, 0.3) is 0 Å². The Hall–Kier alpha value is -0.319. The van der Waals surface area contributed by atoms with E-state index in [2.05, 4.69) is 0 Å². The van der Waals surface area contributed by atoms with E-state index in [1.807, 2.05) is 6.07 Å². The van der Waals surface area contributed by atoms with E-state index in [1.54, 1.807) is 0 Å². The first-order chi connectivity index (χ1) is 7.54. The summed E-state index contributed by atoms with van der Waals surface area (Å²) in [5.74, 6) is 0. The van der Waals surface area contributed by atoms with Crippen molar-refractivity contribution >= 4 is 23.2 Å². The predicted octanol–water partition coefficient (Wildman–Crippen LogP) is -0.230. The Morgan fingerprint density at radius 2 is 1.53 bits per heavy atom. The molecule has 0 spiro atoms. The second-order valence-electron chi connectivity index (χ2n) is 3.43. The molecule has 0 aliphatic heterocycles. The van der Waals surface area contributed by atoms with Gasteiger partial charge in [-0.3, -0.25) is 0 Å². The quantitative estimate of drug-likeness (QED) is 0.649. The van der Waals surface area contributed by atoms with Crippen LogP contribution in [0.5, 0.6) is 0 Å². The van der Waals surface area contributed by atoms with Crippen molar-refractivity contribution in [3.05, 3.63) is 42.0 Å². The third-order valence-electron chi connectivity index (χ3n) is 2.43. The average molecular weight is 259 g/mol. The first-order valence-electron chi connectivity index (χ1n) is 4.65. The number of hydrogen-bond donors (Lipinski definition) is 0. The van der Waals surface area contributed by atoms with Crippen molar-refractivity contribution in [2.24, 2.45) is 0 Å². The van der Waals surface area contributed by atoms with Crippen molar-refractivity contribution in [3.8, 4) is 6.07 Å². The van der Waals surface area contributed by atoms with E-state index >= 15 is 0 Å². The predicted molar refractivity (Wildman–Crippen MR) is 57.4 cm³/mol. The van der Waals surface area contributed by atoms with E-state index in [4.69, 9.17) is 5.26 Å². The van der Waals surface area contributed by atoms with Gasteiger partial charge in [-0.05, 0) is 16.8 Å². The van der Waals surface area contributed by atoms with Crippen LogP contribution < -0.4 is 56.8 Å². The number of nitrogens with zero attached hydrogens (tertiary/aromatic N) is 1. The molecule has 0 N–H and O–H groups in total. The number of halogens is 3. The zero-order valence-electron chi connectivity index (χ0n) is 9.12. The van der Waals surface area contributed by atoms with E-state index in [0.717, 1.165) is 6.07 Å². The monoisotopic (exact) mass is 259 g/mol. The van der Waals surface area contributed by atoms with Crippen molar-refractivity contribution in [1.29, 1.82) is 5.26 Å². The average Bonchev–Trinajstić information content (AvgIpc) is 2.26. The van der Waals surface area contributed by atoms with Gasteiger partial charge in [-0.2, -0.15) is 5.26 Å². The Kier molecular flexibility index (Phi) is 4.81. The normalized spacial score (nSPS) is 10.7. The smallest absolute Gasteiger partial charge is 0.445 e. The molecule has 2 aromatic rings. The van der Waals surface area contributed by atoms with Gasteiger partial charge in [0.2, 0.25) is 0 Å². The molecular formula is C11H6BF3KN. The van der Waals surface area contributed by atoms with E-state index < -0.39 is 12.4 Å². The van der Waals surface area contributed by atoms with Crippen molar-refractivity contribution in [3.63, 3.8) is 0 Å². The Morgan fingerprint density at radius 3 is 2.12 bits per heavy atom. The fourth-order valence-electron chi connectivity index (χ4n) is 1.72. The number of benzene rings is 2. The summed E-state index contributed by atoms with van der Waals surface area (Å²) in [6.07, 6.45) is 0. The molecule has 2 aromatic carbocycles. The number of fused-ring (bicyclic) bond motifs is 1. The molecule has 0 saturated carbocycles. The minimum atomic E-state index is -5.05. The summed E-state index contributed by atoms with van der Waals surface area (Å²) in [7, 11) is 0. The van der Waals surface area contributed by atoms with E-state index in [-0.39, 0.29) is 62.3 Å². The summed E-state index contributed by atoms with van der Waals surface area (Å²) in [5, 5.41) is 9.24. The van der Waals surface area contributed by atoms with Crippen LogP contribution in [0, 0.1) is 11.3 Å². The number of nitriles is 1. The molecule has 2 rings (SSSR count). The van der Waals surface area contributed by atoms with Crippen LogP contribution in [-0.4, -0.2) is 6.98 Å². The van der Waals surface area contributed by atoms with Gasteiger partial charge in [-0.1, -0.05) is 30.3 Å². The van der Waals surface area contributed by atoms with Crippen molar-refractivity contribution in [2.75, 3.05) is 0 Å². The van der Waals surface area contributed by atoms with Gasteiger partial charge in [0.05, 0.1) is 11.6 Å². The van der Waals surface area contributed by atoms with Crippen LogP contribution in [0.1, 0.15) is 5.56 Å². The topological polar surface area (TPSA) is 23.8 Å². The van der Waals surface area contributed by atoms with Crippen LogP contribution in [0.4, 0.5) is 12.9 Å². The first kappa shape index (κ1) is 14.7. The summed E-state index contributed by atoms with van der Waals surface area (Å²) >= 11 is 0. The van der Waals surface area contributed by atoms with Gasteiger partial charge in [-0.15, -0.1) is 5.46 Å². The van der Waals surface area contributed by atoms with Crippen LogP contribution in [-0.2, 0) is 0 Å². The second kappa shape index (κ2) is 5.55. The van der Waals surface area contributed by atoms with Crippen molar-refractivity contribution in [2.45, 2.75) is 0 Å². The maximum Gasteiger partial charge on any atom is 1.00 e. The van der Waals surface area contributed by atoms with Crippen LogP contribution in [0.25, 0.3) is 10.8 Å². The molecule has 0 aliphatic carbocycles. The summed E-state index contributed by atoms with van der Waals surface area (Å²) in [4.78, 5) is 0. The van der Waals surface area contributed by atoms with Gasteiger partial charge in [-0.25, -0.2) is 0 Å². The fraction of sp³-hybridized carbons (Fsp3) is 0. The third-order valence-corrected chi connectivity index (χ3v) is 2.43. The number of hydrogen-bond acceptors (Lipinski definition) is 1. The summed E-state index contributed by atoms with van der Waals surface area (Å²) in [5.41, 5.74) is -0.381. The van der Waals surface area contributed by atoms with Crippen molar-refractivity contribution < 1.29 is 64.3 Å². The molecule has 0 saturated heterocycles. The third kappa shape index (κ3) is 2.92. The zero-order valence-corrected chi connectivity index (χ0v) is 12.2. The summed E-state index contributed by atoms with van der Waals surface area (Å²) in [6, 6.07) is 10.2. The molecule has 0 atom stereocenters. The Balaban J connectivity index is 0.00000144. The Bertz CT molecular complexity index is 589. The molecule has 0 radical (unpaired) electrons. The fourth-order valence-corrected chi connectivity index (χ4v) is 1.72. The molecule has 0 aliphatic rings. The molecule has 0 heterocycles. The molecule has 0 fully saturated rings. The zero-order chi connectivity index (χ0) is 11.8. The molecule has 6 heteroatoms. The van der Waals surface area contributed by atoms with Crippen LogP contribution in [0.2, 0.25) is 0 Å². The second-order valence-corrected chi connectivity index (χ2v) is 3.43. The van der Waals surface area contributed by atoms with Gasteiger partial charge in [0.15, 0.2) is 0 Å². The van der Waals surface area contributed by atoms with Crippen LogP contribution in [0.3, 0.4) is 0 Å². The van der Waals surface area contributed by atoms with Gasteiger partial charge < -0.3 is 12.9 Å². The maximum atomic E-state index is 12.7. The molecule has 0 bridgehead atoms. The van der Waals surface area contributed by atoms with E-state index in [0.29, 0.717) is 5.39 Å². The van der Waals surface area contributed by atoms with E-state index in [9.17, 15) is 12.9 Å². The van der Waals surface area contributed by atoms with Gasteiger partial charge >= 0.3 is 58.4 Å². The molecule has 0 unspecified atom stereocenters. The van der Waals surface area contributed by atoms with Crippen molar-refractivity contribution in [1.82, 2.24) is 0 Å². The molecule has 17 heavy (non-hydrogen) atoms. The number of rotatable bonds is 1. The van der Waals surface area contributed by atoms with Gasteiger partial charge in [0.1, 0.15) is 0 Å². The Labute approximate surface area is 139 Å². The first-order valence-corrected chi connectivity index (χ1v) is 4.65. The SMILES string of the molecule is N#Cc1cccc2c([B-](F)(F)F)cccc12.[K+]. The summed E-state index contributed by atoms with van der Waals surface area (Å²) < 4.78 is 38.2. The molecular weight excluding hydrogens is 253 g/mol. The standard InChI is InChI=1S/C11H6BF3N.K/c13-12(14,15)11-6-2-4-9-8(7-16)3-1-5-10(9)11;/h1-6H;/q-1;+1. The van der Waals surface area contributed by atoms with Gasteiger partial charge in [0, 0.05) is 0 Å². The molecule has 80 valence electrons. The molecule has 1 nitrogen and oxygen atoms in total. The largest absolute Gasteiger partial charge is 1.00 e. The van der Waals surface area contributed by atoms with Crippen LogP contribution in [0.15, 0.2) is 36.4 Å². The summed E-state index contributed by atoms with van der Waals surface area (Å²) in [6.45, 7) is -5.05. The maximum absolute atomic E-state index is 12.7. The minimum absolute atomic E-state index is 0. The Morgan fingerprint density at radius 1 is 0.941 bits per heavy atom. The van der Waals surface area contributed by atoms with Crippen LogP contribution >= 0.6 is 0 Å².